The van der Waals surface area contributed by atoms with E-state index in [1.54, 1.807) is 24.4 Å². The topological polar surface area (TPSA) is 66.4 Å². The molecule has 7 heteroatoms. The molecule has 0 saturated heterocycles. The van der Waals surface area contributed by atoms with E-state index in [-0.39, 0.29) is 5.56 Å². The molecule has 1 atom stereocenters. The number of nitrogens with one attached hydrogen (secondary N) is 1. The van der Waals surface area contributed by atoms with Crippen LogP contribution in [-0.2, 0) is 4.79 Å². The quantitative estimate of drug-likeness (QED) is 0.884. The molecular formula is C12H12F3NO3. The number of rotatable bonds is 4. The van der Waals surface area contributed by atoms with Gasteiger partial charge in [0.25, 0.3) is 5.91 Å². The number of carboxylic acid groups (broad SMARTS) is 1. The number of carbonyl (C=O) groups is 2. The highest BCUT2D eigenvalue weighted by Crippen LogP contribution is 2.23. The van der Waals surface area contributed by atoms with Crippen LogP contribution in [0.1, 0.15) is 22.3 Å². The molecule has 0 saturated carbocycles. The van der Waals surface area contributed by atoms with Gasteiger partial charge in [-0.05, 0) is 19.1 Å². The molecule has 0 unspecified atom stereocenters. The fraction of sp³-hybridized carbons (Fsp3) is 0.333. The minimum atomic E-state index is -4.81. The maximum atomic E-state index is 12.5. The minimum absolute atomic E-state index is 0.0465. The molecule has 0 aliphatic rings. The molecule has 0 fully saturated rings. The van der Waals surface area contributed by atoms with E-state index in [4.69, 9.17) is 5.11 Å². The Labute approximate surface area is 107 Å². The summed E-state index contributed by atoms with van der Waals surface area (Å²) in [5, 5.41) is 10.1. The van der Waals surface area contributed by atoms with Gasteiger partial charge in [0.1, 0.15) is 6.04 Å². The third-order valence-electron chi connectivity index (χ3n) is 2.39. The van der Waals surface area contributed by atoms with Gasteiger partial charge in [-0.2, -0.15) is 13.2 Å². The lowest BCUT2D eigenvalue weighted by atomic mass is 10.1. The van der Waals surface area contributed by atoms with Crippen LogP contribution in [-0.4, -0.2) is 29.2 Å². The molecular weight excluding hydrogens is 263 g/mol. The van der Waals surface area contributed by atoms with Crippen LogP contribution in [0, 0.1) is 6.92 Å². The summed E-state index contributed by atoms with van der Waals surface area (Å²) in [5.41, 5.74) is 0.902. The van der Waals surface area contributed by atoms with Gasteiger partial charge in [-0.1, -0.05) is 17.7 Å². The standard InChI is InChI=1S/C12H12F3NO3/c1-7-2-4-8(5-3-7)11(19)16-9(6-10(17)18)12(13,14)15/h2-5,9H,6H2,1H3,(H,16,19)(H,17,18)/t9-/m0/s1. The predicted molar refractivity (Wildman–Crippen MR) is 60.7 cm³/mol. The third-order valence-corrected chi connectivity index (χ3v) is 2.39. The molecule has 0 aromatic heterocycles. The normalized spacial score (nSPS) is 12.8. The van der Waals surface area contributed by atoms with E-state index in [2.05, 4.69) is 0 Å². The zero-order valence-corrected chi connectivity index (χ0v) is 9.99. The van der Waals surface area contributed by atoms with E-state index in [0.717, 1.165) is 5.56 Å². The lowest BCUT2D eigenvalue weighted by Gasteiger charge is -2.20. The van der Waals surface area contributed by atoms with Crippen molar-refractivity contribution >= 4 is 11.9 Å². The molecule has 19 heavy (non-hydrogen) atoms. The summed E-state index contributed by atoms with van der Waals surface area (Å²) in [6, 6.07) is 3.50. The van der Waals surface area contributed by atoms with Crippen molar-refractivity contribution in [3.63, 3.8) is 0 Å². The molecule has 4 nitrogen and oxygen atoms in total. The van der Waals surface area contributed by atoms with Crippen molar-refractivity contribution in [2.75, 3.05) is 0 Å². The molecule has 0 spiro atoms. The van der Waals surface area contributed by atoms with Gasteiger partial charge in [-0.25, -0.2) is 0 Å². The number of amides is 1. The van der Waals surface area contributed by atoms with Crippen LogP contribution in [0.4, 0.5) is 13.2 Å². The van der Waals surface area contributed by atoms with Crippen LogP contribution >= 0.6 is 0 Å². The Balaban J connectivity index is 2.81. The van der Waals surface area contributed by atoms with E-state index < -0.39 is 30.5 Å². The zero-order valence-electron chi connectivity index (χ0n) is 9.99. The average Bonchev–Trinajstić information content (AvgIpc) is 2.27. The Kier molecular flexibility index (Phi) is 4.52. The molecule has 0 bridgehead atoms. The predicted octanol–water partition coefficient (Wildman–Crippen LogP) is 2.13. The van der Waals surface area contributed by atoms with E-state index in [9.17, 15) is 22.8 Å². The van der Waals surface area contributed by atoms with Gasteiger partial charge in [0.15, 0.2) is 0 Å². The fourth-order valence-corrected chi connectivity index (χ4v) is 1.37. The number of carbonyl (C=O) groups excluding carboxylic acids is 1. The van der Waals surface area contributed by atoms with Crippen LogP contribution < -0.4 is 5.32 Å². The van der Waals surface area contributed by atoms with Gasteiger partial charge >= 0.3 is 12.1 Å². The lowest BCUT2D eigenvalue weighted by Crippen LogP contribution is -2.46. The molecule has 1 amide bonds. The van der Waals surface area contributed by atoms with Crippen molar-refractivity contribution in [2.45, 2.75) is 25.6 Å². The van der Waals surface area contributed by atoms with Crippen LogP contribution in [0.25, 0.3) is 0 Å². The molecule has 0 aliphatic carbocycles. The largest absolute Gasteiger partial charge is 0.481 e. The number of hydrogen-bond acceptors (Lipinski definition) is 2. The number of halogens is 3. The smallest absolute Gasteiger partial charge is 0.409 e. The van der Waals surface area contributed by atoms with Crippen LogP contribution in [0.15, 0.2) is 24.3 Å². The second kappa shape index (κ2) is 5.73. The first-order valence-electron chi connectivity index (χ1n) is 5.36. The van der Waals surface area contributed by atoms with E-state index in [1.165, 1.54) is 12.1 Å². The zero-order chi connectivity index (χ0) is 14.6. The van der Waals surface area contributed by atoms with Crippen LogP contribution in [0.2, 0.25) is 0 Å². The molecule has 2 N–H and O–H groups in total. The lowest BCUT2D eigenvalue weighted by molar-refractivity contribution is -0.165. The SMILES string of the molecule is Cc1ccc(C(=O)N[C@@H](CC(=O)O)C(F)(F)F)cc1. The van der Waals surface area contributed by atoms with E-state index in [1.807, 2.05) is 0 Å². The summed E-state index contributed by atoms with van der Waals surface area (Å²) in [6.45, 7) is 1.77. The highest BCUT2D eigenvalue weighted by Gasteiger charge is 2.42. The highest BCUT2D eigenvalue weighted by molar-refractivity contribution is 5.94. The monoisotopic (exact) mass is 275 g/mol. The molecule has 1 aromatic carbocycles. The third kappa shape index (κ3) is 4.61. The van der Waals surface area contributed by atoms with Gasteiger partial charge in [0.05, 0.1) is 6.42 Å². The number of alkyl halides is 3. The average molecular weight is 275 g/mol. The minimum Gasteiger partial charge on any atom is -0.481 e. The summed E-state index contributed by atoms with van der Waals surface area (Å²) in [5.74, 6) is -2.59. The first-order valence-corrected chi connectivity index (χ1v) is 5.36. The fourth-order valence-electron chi connectivity index (χ4n) is 1.37. The number of hydrogen-bond donors (Lipinski definition) is 2. The Morgan fingerprint density at radius 1 is 1.26 bits per heavy atom. The van der Waals surface area contributed by atoms with Crippen LogP contribution in [0.5, 0.6) is 0 Å². The van der Waals surface area contributed by atoms with Crippen molar-refractivity contribution in [3.05, 3.63) is 35.4 Å². The second-order valence-corrected chi connectivity index (χ2v) is 4.03. The number of benzene rings is 1. The Hall–Kier alpha value is -2.05. The highest BCUT2D eigenvalue weighted by atomic mass is 19.4. The first-order chi connectivity index (χ1) is 8.70. The van der Waals surface area contributed by atoms with Crippen molar-refractivity contribution < 1.29 is 27.9 Å². The van der Waals surface area contributed by atoms with Crippen molar-refractivity contribution in [1.82, 2.24) is 5.32 Å². The number of aryl methyl sites for hydroxylation is 1. The number of carboxylic acids is 1. The maximum Gasteiger partial charge on any atom is 0.409 e. The Morgan fingerprint density at radius 3 is 2.21 bits per heavy atom. The summed E-state index contributed by atoms with van der Waals surface area (Å²) in [6.07, 6.45) is -6.01. The second-order valence-electron chi connectivity index (χ2n) is 4.03. The summed E-state index contributed by atoms with van der Waals surface area (Å²) in [7, 11) is 0. The van der Waals surface area contributed by atoms with E-state index >= 15 is 0 Å². The summed E-state index contributed by atoms with van der Waals surface area (Å²) < 4.78 is 37.6. The number of aliphatic carboxylic acids is 1. The maximum absolute atomic E-state index is 12.5. The molecule has 0 radical (unpaired) electrons. The van der Waals surface area contributed by atoms with Gasteiger partial charge in [0, 0.05) is 5.56 Å². The molecule has 0 heterocycles. The van der Waals surface area contributed by atoms with Crippen LogP contribution in [0.3, 0.4) is 0 Å². The molecule has 1 aromatic rings. The summed E-state index contributed by atoms with van der Waals surface area (Å²) >= 11 is 0. The van der Waals surface area contributed by atoms with Crippen molar-refractivity contribution in [3.8, 4) is 0 Å². The first kappa shape index (κ1) is 15.0. The van der Waals surface area contributed by atoms with E-state index in [0.29, 0.717) is 0 Å². The van der Waals surface area contributed by atoms with Gasteiger partial charge in [-0.15, -0.1) is 0 Å². The Morgan fingerprint density at radius 2 is 1.79 bits per heavy atom. The van der Waals surface area contributed by atoms with Crippen molar-refractivity contribution in [2.24, 2.45) is 0 Å². The Bertz CT molecular complexity index is 468. The molecule has 104 valence electrons. The molecule has 0 aliphatic heterocycles. The van der Waals surface area contributed by atoms with Gasteiger partial charge in [0.2, 0.25) is 0 Å². The summed E-state index contributed by atoms with van der Waals surface area (Å²) in [4.78, 5) is 22.0. The van der Waals surface area contributed by atoms with Gasteiger partial charge in [-0.3, -0.25) is 9.59 Å². The molecule has 1 rings (SSSR count). The van der Waals surface area contributed by atoms with Crippen molar-refractivity contribution in [1.29, 1.82) is 0 Å². The van der Waals surface area contributed by atoms with Gasteiger partial charge < -0.3 is 10.4 Å².